The van der Waals surface area contributed by atoms with Gasteiger partial charge in [0.05, 0.1) is 18.3 Å². The molecule has 2 aliphatic carbocycles. The minimum atomic E-state index is -0.810. The number of ether oxygens (including phenoxy) is 3. The minimum absolute atomic E-state index is 0.00320. The summed E-state index contributed by atoms with van der Waals surface area (Å²) in [7, 11) is 0. The molecule has 69 heavy (non-hydrogen) atoms. The van der Waals surface area contributed by atoms with Crippen molar-refractivity contribution in [1.82, 2.24) is 0 Å². The molecule has 352 valence electrons. The van der Waals surface area contributed by atoms with Crippen LogP contribution in [0.3, 0.4) is 0 Å². The highest BCUT2D eigenvalue weighted by Gasteiger charge is 2.24. The summed E-state index contributed by atoms with van der Waals surface area (Å²) in [6.45, 7) is 30.4. The molecular weight excluding hydrogens is 849 g/mol. The number of hydrogen-bond donors (Lipinski definition) is 1. The van der Waals surface area contributed by atoms with Crippen LogP contribution in [-0.4, -0.2) is 23.8 Å². The van der Waals surface area contributed by atoms with Crippen LogP contribution >= 0.6 is 0 Å². The monoisotopic (exact) mass is 914 g/mol. The first kappa shape index (κ1) is 51.4. The first-order valence-corrected chi connectivity index (χ1v) is 23.7. The lowest BCUT2D eigenvalue weighted by atomic mass is 9.88. The number of aliphatic hydroxyl groups excluding tert-OH is 1. The number of carbonyl (C=O) groups excluding carboxylic acids is 1. The van der Waals surface area contributed by atoms with Gasteiger partial charge in [0.15, 0.2) is 5.78 Å². The quantitative estimate of drug-likeness (QED) is 0.0744. The summed E-state index contributed by atoms with van der Waals surface area (Å²) in [6, 6.07) is 28.0. The molecule has 7 rings (SSSR count). The maximum atomic E-state index is 14.2. The molecule has 1 N–H and O–H groups in total. The van der Waals surface area contributed by atoms with Gasteiger partial charge in [0.1, 0.15) is 17.2 Å². The highest BCUT2D eigenvalue weighted by Crippen LogP contribution is 2.35. The van der Waals surface area contributed by atoms with Gasteiger partial charge < -0.3 is 19.3 Å². The summed E-state index contributed by atoms with van der Waals surface area (Å²) in [5.74, 6) is 2.05. The maximum Gasteiger partial charge on any atom is 0.238 e. The molecule has 0 fully saturated rings. The van der Waals surface area contributed by atoms with Gasteiger partial charge in [-0.2, -0.15) is 0 Å². The van der Waals surface area contributed by atoms with E-state index in [0.717, 1.165) is 82.3 Å². The van der Waals surface area contributed by atoms with Gasteiger partial charge in [-0.15, -0.1) is 0 Å². The Labute approximate surface area is 410 Å². The summed E-state index contributed by atoms with van der Waals surface area (Å²) in [5.41, 5.74) is 10.3. The van der Waals surface area contributed by atoms with Crippen molar-refractivity contribution in [2.45, 2.75) is 67.3 Å². The molecule has 0 heterocycles. The Bertz CT molecular complexity index is 3050. The number of benzene rings is 5. The Morgan fingerprint density at radius 3 is 2.10 bits per heavy atom. The number of rotatable bonds is 17. The molecule has 2 aliphatic rings. The smallest absolute Gasteiger partial charge is 0.238 e. The molecule has 0 saturated heterocycles. The van der Waals surface area contributed by atoms with Crippen LogP contribution < -0.4 is 24.6 Å². The van der Waals surface area contributed by atoms with Gasteiger partial charge in [0.25, 0.3) is 0 Å². The van der Waals surface area contributed by atoms with Crippen LogP contribution in [0.25, 0.3) is 47.1 Å². The molecule has 2 unspecified atom stereocenters. The summed E-state index contributed by atoms with van der Waals surface area (Å²) in [4.78, 5) is 14.2. The van der Waals surface area contributed by atoms with Crippen molar-refractivity contribution >= 4 is 41.7 Å². The van der Waals surface area contributed by atoms with Gasteiger partial charge in [-0.25, -0.2) is 0 Å². The van der Waals surface area contributed by atoms with E-state index < -0.39 is 12.4 Å². The SMILES string of the molecule is C=C/C=c1\c(C=C)cc(C(=O)[CH]C(C)C)c(OC(C)Oc2ccccc2C2=C(C)C=CC=C[CH]2)\c1=c1/c(C)c(C(O)CC(C)C)cc2c1=C[CH]C=C2.[CH2]COc1ccccc1-c1ccccc1C=C. The van der Waals surface area contributed by atoms with Crippen LogP contribution in [0, 0.1) is 55.4 Å². The topological polar surface area (TPSA) is 65.0 Å². The third-order valence-corrected chi connectivity index (χ3v) is 11.9. The minimum Gasteiger partial charge on any atom is -0.493 e. The molecule has 0 amide bonds. The van der Waals surface area contributed by atoms with Crippen molar-refractivity contribution in [3.63, 3.8) is 0 Å². The van der Waals surface area contributed by atoms with E-state index >= 15 is 0 Å². The van der Waals surface area contributed by atoms with E-state index in [1.54, 1.807) is 18.6 Å². The van der Waals surface area contributed by atoms with Crippen molar-refractivity contribution in [1.29, 1.82) is 0 Å². The molecule has 0 saturated carbocycles. The predicted molar refractivity (Wildman–Crippen MR) is 290 cm³/mol. The molecule has 5 aromatic carbocycles. The number of aliphatic hydroxyl groups is 1. The number of fused-ring (bicyclic) bond motifs is 1. The maximum absolute atomic E-state index is 14.2. The molecule has 4 radical (unpaired) electrons. The molecule has 5 heteroatoms. The lowest BCUT2D eigenvalue weighted by Gasteiger charge is -2.23. The number of Topliss-reactive ketones (excluding diaryl/α,β-unsaturated/α-hetero) is 1. The number of ketones is 1. The highest BCUT2D eigenvalue weighted by molar-refractivity contribution is 6.05. The molecule has 0 aliphatic heterocycles. The van der Waals surface area contributed by atoms with Crippen molar-refractivity contribution in [3.8, 4) is 28.4 Å². The number of allylic oxidation sites excluding steroid dienone is 8. The normalized spacial score (nSPS) is 14.5. The van der Waals surface area contributed by atoms with Crippen LogP contribution in [0.15, 0.2) is 147 Å². The second-order valence-electron chi connectivity index (χ2n) is 17.8. The Balaban J connectivity index is 0.000000385. The summed E-state index contributed by atoms with van der Waals surface area (Å²) in [6.07, 6.45) is 26.5. The molecule has 0 aromatic heterocycles. The Kier molecular flexibility index (Phi) is 18.2. The summed E-state index contributed by atoms with van der Waals surface area (Å²) < 4.78 is 19.1. The zero-order valence-electron chi connectivity index (χ0n) is 41.3. The van der Waals surface area contributed by atoms with Crippen molar-refractivity contribution in [2.24, 2.45) is 11.8 Å². The average Bonchev–Trinajstić information content (AvgIpc) is 3.55. The molecular formula is C64H66O5. The van der Waals surface area contributed by atoms with Crippen LogP contribution in [0.2, 0.25) is 0 Å². The van der Waals surface area contributed by atoms with Gasteiger partial charge in [-0.3, -0.25) is 4.79 Å². The van der Waals surface area contributed by atoms with Gasteiger partial charge in [-0.05, 0) is 123 Å². The summed E-state index contributed by atoms with van der Waals surface area (Å²) >= 11 is 0. The summed E-state index contributed by atoms with van der Waals surface area (Å²) in [5, 5.41) is 15.0. The molecule has 0 spiro atoms. The Hall–Kier alpha value is -6.95. The first-order valence-electron chi connectivity index (χ1n) is 23.7. The second-order valence-corrected chi connectivity index (χ2v) is 17.8. The van der Waals surface area contributed by atoms with E-state index in [1.807, 2.05) is 143 Å². The third-order valence-electron chi connectivity index (χ3n) is 11.9. The van der Waals surface area contributed by atoms with Gasteiger partial charge >= 0.3 is 0 Å². The Morgan fingerprint density at radius 1 is 0.739 bits per heavy atom. The number of para-hydroxylation sites is 2. The third kappa shape index (κ3) is 12.4. The van der Waals surface area contributed by atoms with Gasteiger partial charge in [-0.1, -0.05) is 175 Å². The zero-order chi connectivity index (χ0) is 49.6. The first-order chi connectivity index (χ1) is 33.3. The van der Waals surface area contributed by atoms with Crippen molar-refractivity contribution < 1.29 is 24.1 Å². The fraction of sp³-hybridized carbons (Fsp3) is 0.203. The van der Waals surface area contributed by atoms with E-state index in [1.165, 1.54) is 0 Å². The fourth-order valence-electron chi connectivity index (χ4n) is 8.77. The standard InChI is InChI=1S/C48H51O4.C16H15O/c1-10-19-38-35(11-2)28-42(44(50)27-31(5)6)48(52-34(9)51-45-25-18-17-24-40(45)37-22-14-12-13-20-32(37)7)47(38)46-33(8)41(43(49)26-30(3)4)29-36-21-15-16-23-39(36)46;1-3-13-9-5-6-10-14(13)15-11-7-8-12-16(15)17-4-2/h10-25,27-31,34,43,49H,1-2,26H2,3-9H3;3,5-12H,1-2,4H2/b38-19+,47-46+;. The largest absolute Gasteiger partial charge is 0.493 e. The highest BCUT2D eigenvalue weighted by atomic mass is 16.7. The predicted octanol–water partition coefficient (Wildman–Crippen LogP) is 14.1. The lowest BCUT2D eigenvalue weighted by molar-refractivity contribution is 0.0208. The number of carbonyl (C=O) groups is 1. The van der Waals surface area contributed by atoms with E-state index in [4.69, 9.17) is 14.2 Å². The molecule has 5 nitrogen and oxygen atoms in total. The van der Waals surface area contributed by atoms with E-state index in [0.29, 0.717) is 30.1 Å². The van der Waals surface area contributed by atoms with Crippen LogP contribution in [0.1, 0.15) is 97.8 Å². The van der Waals surface area contributed by atoms with Crippen LogP contribution in [0.5, 0.6) is 17.2 Å². The zero-order valence-corrected chi connectivity index (χ0v) is 41.3. The molecule has 2 atom stereocenters. The average molecular weight is 915 g/mol. The van der Waals surface area contributed by atoms with Gasteiger partial charge in [0, 0.05) is 42.5 Å². The van der Waals surface area contributed by atoms with Crippen molar-refractivity contribution in [3.05, 3.63) is 233 Å². The fourth-order valence-corrected chi connectivity index (χ4v) is 8.77. The van der Waals surface area contributed by atoms with Gasteiger partial charge in [0.2, 0.25) is 6.29 Å². The number of hydrogen-bond acceptors (Lipinski definition) is 5. The van der Waals surface area contributed by atoms with E-state index in [9.17, 15) is 9.90 Å². The second kappa shape index (κ2) is 24.4. The van der Waals surface area contributed by atoms with E-state index in [2.05, 4.69) is 84.2 Å². The molecule has 0 bridgehead atoms. The van der Waals surface area contributed by atoms with Crippen LogP contribution in [0.4, 0.5) is 0 Å². The van der Waals surface area contributed by atoms with Crippen molar-refractivity contribution in [2.75, 3.05) is 6.61 Å². The lowest BCUT2D eigenvalue weighted by Crippen LogP contribution is -2.26. The Morgan fingerprint density at radius 2 is 1.42 bits per heavy atom. The van der Waals surface area contributed by atoms with E-state index in [-0.39, 0.29) is 17.6 Å². The molecule has 5 aromatic rings. The van der Waals surface area contributed by atoms with Crippen LogP contribution in [-0.2, 0) is 0 Å².